The van der Waals surface area contributed by atoms with Gasteiger partial charge in [0.25, 0.3) is 11.1 Å². The zero-order valence-electron chi connectivity index (χ0n) is 15.1. The molecular formula is C18H21NO6S. The van der Waals surface area contributed by atoms with E-state index in [0.717, 1.165) is 16.7 Å². The van der Waals surface area contributed by atoms with Gasteiger partial charge in [-0.3, -0.25) is 19.3 Å². The molecule has 1 aliphatic rings. The van der Waals surface area contributed by atoms with Gasteiger partial charge in [0.1, 0.15) is 18.0 Å². The van der Waals surface area contributed by atoms with Crippen LogP contribution in [0.25, 0.3) is 6.08 Å². The van der Waals surface area contributed by atoms with Crippen LogP contribution in [0, 0.1) is 0 Å². The van der Waals surface area contributed by atoms with E-state index in [1.165, 1.54) is 14.2 Å². The summed E-state index contributed by atoms with van der Waals surface area (Å²) in [6, 6.07) is 5.13. The van der Waals surface area contributed by atoms with Crippen LogP contribution in [0.15, 0.2) is 23.1 Å². The number of amides is 2. The second-order valence-corrected chi connectivity index (χ2v) is 6.62. The van der Waals surface area contributed by atoms with Crippen LogP contribution in [0.3, 0.4) is 0 Å². The number of hydrogen-bond acceptors (Lipinski definition) is 7. The summed E-state index contributed by atoms with van der Waals surface area (Å²) in [5.41, 5.74) is 0.647. The molecule has 1 aromatic rings. The molecular weight excluding hydrogens is 358 g/mol. The fraction of sp³-hybridized carbons (Fsp3) is 0.389. The van der Waals surface area contributed by atoms with Crippen molar-refractivity contribution in [2.45, 2.75) is 26.4 Å². The highest BCUT2D eigenvalue weighted by molar-refractivity contribution is 8.18. The number of nitrogens with zero attached hydrogens (tertiary/aromatic N) is 1. The molecule has 1 heterocycles. The summed E-state index contributed by atoms with van der Waals surface area (Å²) in [7, 11) is 3.05. The number of imide groups is 1. The Hall–Kier alpha value is -2.48. The lowest BCUT2D eigenvalue weighted by Crippen LogP contribution is -2.35. The van der Waals surface area contributed by atoms with E-state index >= 15 is 0 Å². The van der Waals surface area contributed by atoms with Crippen molar-refractivity contribution in [1.29, 1.82) is 0 Å². The zero-order chi connectivity index (χ0) is 19.3. The molecule has 1 saturated heterocycles. The van der Waals surface area contributed by atoms with Gasteiger partial charge < -0.3 is 14.2 Å². The van der Waals surface area contributed by atoms with Crippen LogP contribution in [0.4, 0.5) is 4.79 Å². The summed E-state index contributed by atoms with van der Waals surface area (Å²) in [5, 5.41) is -0.503. The molecule has 1 fully saturated rings. The van der Waals surface area contributed by atoms with Crippen LogP contribution >= 0.6 is 11.8 Å². The largest absolute Gasteiger partial charge is 0.497 e. The molecule has 7 nitrogen and oxygen atoms in total. The highest BCUT2D eigenvalue weighted by Gasteiger charge is 2.36. The van der Waals surface area contributed by atoms with E-state index in [-0.39, 0.29) is 11.0 Å². The van der Waals surface area contributed by atoms with Crippen molar-refractivity contribution in [3.05, 3.63) is 28.7 Å². The van der Waals surface area contributed by atoms with E-state index in [2.05, 4.69) is 0 Å². The predicted octanol–water partition coefficient (Wildman–Crippen LogP) is 3.08. The van der Waals surface area contributed by atoms with Crippen LogP contribution in [-0.4, -0.2) is 48.9 Å². The SMILES string of the molecule is CC[C@@H](C)OC(=O)CN1C(=O)S/C(=C/c2cc(OC)cc(OC)c2)C1=O. The topological polar surface area (TPSA) is 82.1 Å². The Kier molecular flexibility index (Phi) is 6.68. The molecule has 1 aliphatic heterocycles. The first-order valence-electron chi connectivity index (χ1n) is 8.05. The Morgan fingerprint density at radius 1 is 1.19 bits per heavy atom. The number of rotatable bonds is 7. The van der Waals surface area contributed by atoms with Crippen molar-refractivity contribution in [2.24, 2.45) is 0 Å². The van der Waals surface area contributed by atoms with Gasteiger partial charge in [-0.15, -0.1) is 0 Å². The third kappa shape index (κ3) is 4.78. The van der Waals surface area contributed by atoms with E-state index in [0.29, 0.717) is 23.5 Å². The van der Waals surface area contributed by atoms with Gasteiger partial charge in [-0.05, 0) is 48.9 Å². The summed E-state index contributed by atoms with van der Waals surface area (Å²) in [6.45, 7) is 3.23. The van der Waals surface area contributed by atoms with E-state index in [9.17, 15) is 14.4 Å². The molecule has 0 unspecified atom stereocenters. The van der Waals surface area contributed by atoms with Gasteiger partial charge in [-0.1, -0.05) is 6.92 Å². The third-order valence-corrected chi connectivity index (χ3v) is 4.65. The minimum atomic E-state index is -0.606. The number of esters is 1. The van der Waals surface area contributed by atoms with E-state index in [4.69, 9.17) is 14.2 Å². The van der Waals surface area contributed by atoms with Gasteiger partial charge in [0.05, 0.1) is 25.2 Å². The highest BCUT2D eigenvalue weighted by atomic mass is 32.2. The van der Waals surface area contributed by atoms with Gasteiger partial charge >= 0.3 is 5.97 Å². The summed E-state index contributed by atoms with van der Waals surface area (Å²) < 4.78 is 15.5. The smallest absolute Gasteiger partial charge is 0.326 e. The molecule has 0 N–H and O–H groups in total. The molecule has 0 radical (unpaired) electrons. The Morgan fingerprint density at radius 2 is 1.81 bits per heavy atom. The average Bonchev–Trinajstić information content (AvgIpc) is 2.88. The van der Waals surface area contributed by atoms with Crippen LogP contribution in [-0.2, 0) is 14.3 Å². The Morgan fingerprint density at radius 3 is 2.35 bits per heavy atom. The molecule has 1 aromatic carbocycles. The minimum Gasteiger partial charge on any atom is -0.497 e. The molecule has 8 heteroatoms. The minimum absolute atomic E-state index is 0.224. The molecule has 140 valence electrons. The maximum absolute atomic E-state index is 12.5. The molecule has 2 amide bonds. The van der Waals surface area contributed by atoms with Crippen LogP contribution in [0.2, 0.25) is 0 Å². The van der Waals surface area contributed by atoms with Crippen molar-refractivity contribution in [1.82, 2.24) is 4.90 Å². The van der Waals surface area contributed by atoms with Crippen LogP contribution in [0.1, 0.15) is 25.8 Å². The monoisotopic (exact) mass is 379 g/mol. The van der Waals surface area contributed by atoms with Crippen molar-refractivity contribution in [2.75, 3.05) is 20.8 Å². The first kappa shape index (κ1) is 19.8. The van der Waals surface area contributed by atoms with Gasteiger partial charge in [0.2, 0.25) is 0 Å². The summed E-state index contributed by atoms with van der Waals surface area (Å²) in [5.74, 6) is -0.00671. The maximum Gasteiger partial charge on any atom is 0.326 e. The average molecular weight is 379 g/mol. The van der Waals surface area contributed by atoms with Gasteiger partial charge in [-0.2, -0.15) is 0 Å². The number of carbonyl (C=O) groups excluding carboxylic acids is 3. The molecule has 2 rings (SSSR count). The standard InChI is InChI=1S/C18H21NO6S/c1-5-11(2)25-16(20)10-19-17(21)15(26-18(19)22)8-12-6-13(23-3)9-14(7-12)24-4/h6-9,11H,5,10H2,1-4H3/b15-8+/t11-/m1/s1. The number of ether oxygens (including phenoxy) is 3. The summed E-state index contributed by atoms with van der Waals surface area (Å²) in [4.78, 5) is 37.5. The van der Waals surface area contributed by atoms with Crippen molar-refractivity contribution in [3.8, 4) is 11.5 Å². The van der Waals surface area contributed by atoms with Crippen molar-refractivity contribution < 1.29 is 28.6 Å². The predicted molar refractivity (Wildman–Crippen MR) is 98.1 cm³/mol. The molecule has 0 aromatic heterocycles. The first-order chi connectivity index (χ1) is 12.4. The third-order valence-electron chi connectivity index (χ3n) is 3.74. The van der Waals surface area contributed by atoms with E-state index in [1.807, 2.05) is 6.92 Å². The van der Waals surface area contributed by atoms with E-state index < -0.39 is 23.7 Å². The Bertz CT molecular complexity index is 723. The van der Waals surface area contributed by atoms with Crippen molar-refractivity contribution in [3.63, 3.8) is 0 Å². The lowest BCUT2D eigenvalue weighted by Gasteiger charge is -2.14. The zero-order valence-corrected chi connectivity index (χ0v) is 15.9. The molecule has 0 aliphatic carbocycles. The normalized spacial score (nSPS) is 16.8. The van der Waals surface area contributed by atoms with Crippen molar-refractivity contribution >= 4 is 35.0 Å². The summed E-state index contributed by atoms with van der Waals surface area (Å²) in [6.07, 6.45) is 1.96. The fourth-order valence-electron chi connectivity index (χ4n) is 2.17. The second-order valence-electron chi connectivity index (χ2n) is 5.62. The van der Waals surface area contributed by atoms with Gasteiger partial charge in [-0.25, -0.2) is 0 Å². The number of benzene rings is 1. The van der Waals surface area contributed by atoms with Gasteiger partial charge in [0, 0.05) is 6.07 Å². The Balaban J connectivity index is 2.17. The van der Waals surface area contributed by atoms with Crippen LogP contribution in [0.5, 0.6) is 11.5 Å². The number of methoxy groups -OCH3 is 2. The fourth-order valence-corrected chi connectivity index (χ4v) is 3.01. The molecule has 0 saturated carbocycles. The second kappa shape index (κ2) is 8.75. The molecule has 1 atom stereocenters. The van der Waals surface area contributed by atoms with E-state index in [1.54, 1.807) is 31.2 Å². The maximum atomic E-state index is 12.5. The molecule has 0 spiro atoms. The summed E-state index contributed by atoms with van der Waals surface area (Å²) >= 11 is 0.779. The van der Waals surface area contributed by atoms with Crippen LogP contribution < -0.4 is 9.47 Å². The number of carbonyl (C=O) groups is 3. The Labute approximate surface area is 156 Å². The number of hydrogen-bond donors (Lipinski definition) is 0. The quantitative estimate of drug-likeness (QED) is 0.532. The highest BCUT2D eigenvalue weighted by Crippen LogP contribution is 2.33. The lowest BCUT2D eigenvalue weighted by atomic mass is 10.2. The molecule has 0 bridgehead atoms. The van der Waals surface area contributed by atoms with Gasteiger partial charge in [0.15, 0.2) is 0 Å². The lowest BCUT2D eigenvalue weighted by molar-refractivity contribution is -0.150. The number of thioether (sulfide) groups is 1. The molecule has 26 heavy (non-hydrogen) atoms. The first-order valence-corrected chi connectivity index (χ1v) is 8.87.